The number of piperazine rings is 1. The van der Waals surface area contributed by atoms with Gasteiger partial charge in [0, 0.05) is 75.9 Å². The highest BCUT2D eigenvalue weighted by molar-refractivity contribution is 8.23. The second-order valence-electron chi connectivity index (χ2n) is 9.38. The first kappa shape index (κ1) is 26.6. The van der Waals surface area contributed by atoms with Crippen molar-refractivity contribution >= 4 is 28.1 Å². The van der Waals surface area contributed by atoms with Gasteiger partial charge in [-0.25, -0.2) is 14.8 Å². The Morgan fingerprint density at radius 2 is 1.75 bits per heavy atom. The number of ether oxygens (including phenoxy) is 1. The number of carbonyl (C=O) groups is 1. The number of urea groups is 1. The lowest BCUT2D eigenvalue weighted by Crippen LogP contribution is -2.47. The van der Waals surface area contributed by atoms with Crippen LogP contribution in [0.15, 0.2) is 30.3 Å². The van der Waals surface area contributed by atoms with Gasteiger partial charge in [-0.05, 0) is 31.3 Å². The SMILES string of the molecule is CN1CCN(CCNC(=O)Nc2ccc(-c3nc(CS(C)(O)O)cc(N4CCOCC4)n3)cc2)CC1. The predicted octanol–water partition coefficient (Wildman–Crippen LogP) is 2.23. The maximum absolute atomic E-state index is 12.3. The Bertz CT molecular complexity index is 1000. The molecule has 36 heavy (non-hydrogen) atoms. The molecule has 12 heteroatoms. The van der Waals surface area contributed by atoms with E-state index in [4.69, 9.17) is 9.72 Å². The number of nitrogens with one attached hydrogen (secondary N) is 2. The van der Waals surface area contributed by atoms with Crippen LogP contribution in [0, 0.1) is 0 Å². The Hall–Kier alpha value is -2.48. The molecule has 0 aliphatic carbocycles. The summed E-state index contributed by atoms with van der Waals surface area (Å²) in [6.07, 6.45) is 1.42. The molecule has 0 spiro atoms. The number of benzene rings is 1. The number of nitrogens with zero attached hydrogens (tertiary/aromatic N) is 5. The lowest BCUT2D eigenvalue weighted by Gasteiger charge is -2.32. The topological polar surface area (TPSA) is 126 Å². The van der Waals surface area contributed by atoms with Crippen molar-refractivity contribution in [2.24, 2.45) is 0 Å². The summed E-state index contributed by atoms with van der Waals surface area (Å²) in [6, 6.07) is 8.91. The summed E-state index contributed by atoms with van der Waals surface area (Å²) >= 11 is 0. The number of hydrogen-bond donors (Lipinski definition) is 4. The van der Waals surface area contributed by atoms with Crippen LogP contribution in [-0.2, 0) is 10.5 Å². The molecule has 0 atom stereocenters. The minimum Gasteiger partial charge on any atom is -0.378 e. The summed E-state index contributed by atoms with van der Waals surface area (Å²) < 4.78 is 25.4. The third-order valence-electron chi connectivity index (χ3n) is 6.23. The van der Waals surface area contributed by atoms with Crippen LogP contribution in [0.3, 0.4) is 0 Å². The third kappa shape index (κ3) is 8.02. The Balaban J connectivity index is 1.38. The van der Waals surface area contributed by atoms with E-state index >= 15 is 0 Å². The highest BCUT2D eigenvalue weighted by Crippen LogP contribution is 2.38. The van der Waals surface area contributed by atoms with Gasteiger partial charge in [-0.3, -0.25) is 14.0 Å². The van der Waals surface area contributed by atoms with Crippen LogP contribution in [0.5, 0.6) is 0 Å². The number of amides is 2. The number of rotatable bonds is 8. The van der Waals surface area contributed by atoms with Crippen molar-refractivity contribution in [3.63, 3.8) is 0 Å². The van der Waals surface area contributed by atoms with Gasteiger partial charge in [0.25, 0.3) is 0 Å². The standard InChI is InChI=1S/C24H37N7O4S/c1-29-9-11-30(12-10-29)8-7-25-24(32)27-20-5-3-19(4-6-20)23-26-21(18-36(2,33)34)17-22(28-23)31-13-15-35-16-14-31/h3-6,17,33-34H,7-16,18H2,1-2H3,(H2,25,27,32). The number of likely N-dealkylation sites (N-methyl/N-ethyl adjacent to an activating group) is 1. The molecule has 0 bridgehead atoms. The van der Waals surface area contributed by atoms with Gasteiger partial charge in [-0.2, -0.15) is 10.6 Å². The second-order valence-corrected chi connectivity index (χ2v) is 11.7. The first-order chi connectivity index (χ1) is 17.2. The minimum atomic E-state index is -2.75. The van der Waals surface area contributed by atoms with Gasteiger partial charge in [-0.1, -0.05) is 0 Å². The maximum atomic E-state index is 12.3. The molecule has 3 heterocycles. The van der Waals surface area contributed by atoms with Crippen LogP contribution in [0.2, 0.25) is 0 Å². The van der Waals surface area contributed by atoms with Gasteiger partial charge in [-0.15, -0.1) is 0 Å². The Morgan fingerprint density at radius 3 is 2.42 bits per heavy atom. The number of anilines is 2. The van der Waals surface area contributed by atoms with Crippen molar-refractivity contribution in [2.45, 2.75) is 5.75 Å². The largest absolute Gasteiger partial charge is 0.378 e. The van der Waals surface area contributed by atoms with Gasteiger partial charge in [0.2, 0.25) is 0 Å². The van der Waals surface area contributed by atoms with E-state index in [1.54, 1.807) is 0 Å². The molecule has 4 N–H and O–H groups in total. The van der Waals surface area contributed by atoms with Gasteiger partial charge < -0.3 is 25.2 Å². The first-order valence-corrected chi connectivity index (χ1v) is 14.4. The molecule has 2 aliphatic heterocycles. The molecule has 2 fully saturated rings. The zero-order valence-corrected chi connectivity index (χ0v) is 21.8. The molecule has 2 saturated heterocycles. The number of aromatic nitrogens is 2. The van der Waals surface area contributed by atoms with Crippen LogP contribution >= 0.6 is 10.6 Å². The van der Waals surface area contributed by atoms with Gasteiger partial charge in [0.1, 0.15) is 5.82 Å². The van der Waals surface area contributed by atoms with Crippen LogP contribution in [0.4, 0.5) is 16.3 Å². The zero-order valence-electron chi connectivity index (χ0n) is 21.0. The molecule has 0 unspecified atom stereocenters. The van der Waals surface area contributed by atoms with Crippen LogP contribution in [-0.4, -0.2) is 114 Å². The summed E-state index contributed by atoms with van der Waals surface area (Å²) in [4.78, 5) is 28.4. The summed E-state index contributed by atoms with van der Waals surface area (Å²) in [5.74, 6) is 1.30. The fourth-order valence-corrected chi connectivity index (χ4v) is 4.91. The molecule has 4 rings (SSSR count). The molecule has 11 nitrogen and oxygen atoms in total. The van der Waals surface area contributed by atoms with E-state index in [-0.39, 0.29) is 11.8 Å². The van der Waals surface area contributed by atoms with E-state index in [2.05, 4.69) is 37.4 Å². The molecular weight excluding hydrogens is 482 g/mol. The molecule has 2 amide bonds. The fourth-order valence-electron chi connectivity index (χ4n) is 4.20. The average Bonchev–Trinajstić information content (AvgIpc) is 2.85. The summed E-state index contributed by atoms with van der Waals surface area (Å²) in [5, 5.41) is 5.79. The van der Waals surface area contributed by atoms with E-state index < -0.39 is 10.6 Å². The lowest BCUT2D eigenvalue weighted by atomic mass is 10.2. The van der Waals surface area contributed by atoms with Gasteiger partial charge in [0.15, 0.2) is 5.82 Å². The van der Waals surface area contributed by atoms with E-state index in [9.17, 15) is 13.9 Å². The monoisotopic (exact) mass is 519 g/mol. The van der Waals surface area contributed by atoms with Gasteiger partial charge in [0.05, 0.1) is 24.7 Å². The average molecular weight is 520 g/mol. The zero-order chi connectivity index (χ0) is 25.5. The smallest absolute Gasteiger partial charge is 0.319 e. The number of hydrogen-bond acceptors (Lipinski definition) is 9. The fraction of sp³-hybridized carbons (Fsp3) is 0.542. The second kappa shape index (κ2) is 12.2. The Labute approximate surface area is 214 Å². The molecule has 1 aromatic heterocycles. The molecule has 198 valence electrons. The first-order valence-electron chi connectivity index (χ1n) is 12.2. The van der Waals surface area contributed by atoms with Crippen molar-refractivity contribution in [1.29, 1.82) is 0 Å². The molecule has 0 radical (unpaired) electrons. The summed E-state index contributed by atoms with van der Waals surface area (Å²) in [6.45, 7) is 8.25. The third-order valence-corrected chi connectivity index (χ3v) is 7.08. The molecule has 2 aromatic rings. The van der Waals surface area contributed by atoms with Crippen LogP contribution < -0.4 is 15.5 Å². The summed E-state index contributed by atoms with van der Waals surface area (Å²) in [7, 11) is -0.629. The molecule has 0 saturated carbocycles. The van der Waals surface area contributed by atoms with Crippen molar-refractivity contribution in [1.82, 2.24) is 25.1 Å². The molecular formula is C24H37N7O4S. The van der Waals surface area contributed by atoms with Crippen molar-refractivity contribution in [3.05, 3.63) is 36.0 Å². The van der Waals surface area contributed by atoms with Crippen LogP contribution in [0.25, 0.3) is 11.4 Å². The van der Waals surface area contributed by atoms with E-state index in [1.165, 1.54) is 6.26 Å². The van der Waals surface area contributed by atoms with E-state index in [0.717, 1.165) is 44.1 Å². The predicted molar refractivity (Wildman–Crippen MR) is 144 cm³/mol. The number of carbonyl (C=O) groups excluding carboxylic acids is 1. The Kier molecular flexibility index (Phi) is 8.99. The van der Waals surface area contributed by atoms with Crippen LogP contribution in [0.1, 0.15) is 5.69 Å². The minimum absolute atomic E-state index is 0.0633. The highest BCUT2D eigenvalue weighted by atomic mass is 32.3. The Morgan fingerprint density at radius 1 is 1.06 bits per heavy atom. The summed E-state index contributed by atoms with van der Waals surface area (Å²) in [5.41, 5.74) is 2.02. The van der Waals surface area contributed by atoms with Crippen molar-refractivity contribution in [3.8, 4) is 11.4 Å². The van der Waals surface area contributed by atoms with Crippen molar-refractivity contribution in [2.75, 3.05) is 89.1 Å². The van der Waals surface area contributed by atoms with E-state index in [0.29, 0.717) is 50.1 Å². The normalized spacial score (nSPS) is 18.2. The van der Waals surface area contributed by atoms with E-state index in [1.807, 2.05) is 30.3 Å². The quantitative estimate of drug-likeness (QED) is 0.415. The van der Waals surface area contributed by atoms with Gasteiger partial charge >= 0.3 is 6.03 Å². The number of morpholine rings is 1. The highest BCUT2D eigenvalue weighted by Gasteiger charge is 2.18. The maximum Gasteiger partial charge on any atom is 0.319 e. The molecule has 2 aliphatic rings. The molecule has 1 aromatic carbocycles. The van der Waals surface area contributed by atoms with Crippen molar-refractivity contribution < 1.29 is 18.6 Å². The lowest BCUT2D eigenvalue weighted by molar-refractivity contribution is 0.122.